The standard InChI is InChI=1S/C8H8N4O2/c1-13-7-2-6(14-12-7)8-5(9)3-10-4-11-8/h2-4H,9H2,1H3. The maximum Gasteiger partial charge on any atom is 0.254 e. The van der Waals surface area contributed by atoms with E-state index in [9.17, 15) is 0 Å². The smallest absolute Gasteiger partial charge is 0.254 e. The molecule has 2 heterocycles. The van der Waals surface area contributed by atoms with Crippen LogP contribution in [0.25, 0.3) is 11.5 Å². The van der Waals surface area contributed by atoms with Gasteiger partial charge in [0.15, 0.2) is 5.76 Å². The second-order valence-electron chi connectivity index (χ2n) is 2.56. The van der Waals surface area contributed by atoms with Crippen molar-refractivity contribution >= 4 is 5.69 Å². The number of nitrogen functional groups attached to an aromatic ring is 1. The second kappa shape index (κ2) is 3.33. The van der Waals surface area contributed by atoms with Crippen molar-refractivity contribution in [1.29, 1.82) is 0 Å². The molecule has 2 aromatic heterocycles. The number of anilines is 1. The van der Waals surface area contributed by atoms with Crippen molar-refractivity contribution in [3.63, 3.8) is 0 Å². The van der Waals surface area contributed by atoms with Gasteiger partial charge in [-0.2, -0.15) is 0 Å². The molecule has 6 nitrogen and oxygen atoms in total. The van der Waals surface area contributed by atoms with Crippen LogP contribution >= 0.6 is 0 Å². The molecule has 0 aliphatic heterocycles. The molecule has 0 aliphatic carbocycles. The van der Waals surface area contributed by atoms with E-state index in [1.54, 1.807) is 6.07 Å². The normalized spacial score (nSPS) is 10.1. The van der Waals surface area contributed by atoms with Gasteiger partial charge in [-0.1, -0.05) is 0 Å². The molecule has 0 aromatic carbocycles. The van der Waals surface area contributed by atoms with Crippen molar-refractivity contribution in [2.24, 2.45) is 0 Å². The van der Waals surface area contributed by atoms with E-state index >= 15 is 0 Å². The van der Waals surface area contributed by atoms with E-state index in [4.69, 9.17) is 15.0 Å². The van der Waals surface area contributed by atoms with Crippen LogP contribution in [-0.2, 0) is 0 Å². The van der Waals surface area contributed by atoms with Gasteiger partial charge in [0.25, 0.3) is 5.88 Å². The summed E-state index contributed by atoms with van der Waals surface area (Å²) in [7, 11) is 1.50. The number of aromatic nitrogens is 3. The van der Waals surface area contributed by atoms with Gasteiger partial charge in [0.05, 0.1) is 25.1 Å². The Labute approximate surface area is 79.7 Å². The molecular formula is C8H8N4O2. The third kappa shape index (κ3) is 1.37. The van der Waals surface area contributed by atoms with Crippen molar-refractivity contribution in [3.8, 4) is 17.3 Å². The Morgan fingerprint density at radius 1 is 1.50 bits per heavy atom. The molecule has 0 atom stereocenters. The molecule has 0 bridgehead atoms. The van der Waals surface area contributed by atoms with Gasteiger partial charge >= 0.3 is 0 Å². The van der Waals surface area contributed by atoms with Crippen LogP contribution in [0.5, 0.6) is 5.88 Å². The molecule has 2 aromatic rings. The molecule has 6 heteroatoms. The molecule has 2 rings (SSSR count). The van der Waals surface area contributed by atoms with Gasteiger partial charge in [0, 0.05) is 0 Å². The van der Waals surface area contributed by atoms with E-state index in [-0.39, 0.29) is 0 Å². The van der Waals surface area contributed by atoms with Crippen molar-refractivity contribution in [2.75, 3.05) is 12.8 Å². The lowest BCUT2D eigenvalue weighted by molar-refractivity contribution is 0.342. The first kappa shape index (κ1) is 8.49. The number of nitrogens with two attached hydrogens (primary N) is 1. The van der Waals surface area contributed by atoms with Crippen LogP contribution in [0.2, 0.25) is 0 Å². The molecule has 14 heavy (non-hydrogen) atoms. The molecule has 0 saturated heterocycles. The summed E-state index contributed by atoms with van der Waals surface area (Å²) in [5.74, 6) is 0.847. The Bertz CT molecular complexity index is 440. The number of hydrogen-bond acceptors (Lipinski definition) is 6. The number of rotatable bonds is 2. The van der Waals surface area contributed by atoms with Crippen molar-refractivity contribution in [1.82, 2.24) is 15.1 Å². The molecule has 2 N–H and O–H groups in total. The maximum absolute atomic E-state index is 5.65. The Morgan fingerprint density at radius 3 is 3.00 bits per heavy atom. The van der Waals surface area contributed by atoms with Gasteiger partial charge in [0.2, 0.25) is 0 Å². The summed E-state index contributed by atoms with van der Waals surface area (Å²) in [4.78, 5) is 7.74. The molecule has 0 unspecified atom stereocenters. The zero-order valence-corrected chi connectivity index (χ0v) is 7.47. The van der Waals surface area contributed by atoms with Crippen molar-refractivity contribution < 1.29 is 9.26 Å². The van der Waals surface area contributed by atoms with Crippen LogP contribution in [0.3, 0.4) is 0 Å². The molecular weight excluding hydrogens is 184 g/mol. The first-order chi connectivity index (χ1) is 6.81. The SMILES string of the molecule is COc1cc(-c2ncncc2N)on1. The summed E-state index contributed by atoms with van der Waals surface area (Å²) < 4.78 is 9.84. The fourth-order valence-corrected chi connectivity index (χ4v) is 1.01. The Hall–Kier alpha value is -2.11. The highest BCUT2D eigenvalue weighted by molar-refractivity contribution is 5.67. The highest BCUT2D eigenvalue weighted by atomic mass is 16.5. The summed E-state index contributed by atoms with van der Waals surface area (Å²) in [6.07, 6.45) is 2.89. The molecule has 0 spiro atoms. The predicted octanol–water partition coefficient (Wildman–Crippen LogP) is 0.722. The Kier molecular flexibility index (Phi) is 2.02. The summed E-state index contributed by atoms with van der Waals surface area (Å²) in [5.41, 5.74) is 6.60. The van der Waals surface area contributed by atoms with Crippen LogP contribution < -0.4 is 10.5 Å². The van der Waals surface area contributed by atoms with Crippen LogP contribution in [-0.4, -0.2) is 22.2 Å². The molecule has 0 amide bonds. The lowest BCUT2D eigenvalue weighted by Crippen LogP contribution is -1.93. The largest absolute Gasteiger partial charge is 0.479 e. The fourth-order valence-electron chi connectivity index (χ4n) is 1.01. The Balaban J connectivity index is 2.44. The van der Waals surface area contributed by atoms with Gasteiger partial charge in [-0.3, -0.25) is 0 Å². The number of methoxy groups -OCH3 is 1. The molecule has 0 fully saturated rings. The first-order valence-electron chi connectivity index (χ1n) is 3.88. The van der Waals surface area contributed by atoms with Gasteiger partial charge in [0.1, 0.15) is 12.0 Å². The zero-order chi connectivity index (χ0) is 9.97. The number of nitrogens with zero attached hydrogens (tertiary/aromatic N) is 3. The lowest BCUT2D eigenvalue weighted by Gasteiger charge is -1.96. The minimum Gasteiger partial charge on any atom is -0.479 e. The Morgan fingerprint density at radius 2 is 2.36 bits per heavy atom. The van der Waals surface area contributed by atoms with E-state index < -0.39 is 0 Å². The van der Waals surface area contributed by atoms with Crippen molar-refractivity contribution in [3.05, 3.63) is 18.6 Å². The summed E-state index contributed by atoms with van der Waals surface area (Å²) in [6, 6.07) is 1.61. The molecule has 72 valence electrons. The van der Waals surface area contributed by atoms with Gasteiger partial charge in [-0.25, -0.2) is 9.97 Å². The molecule has 0 radical (unpaired) electrons. The van der Waals surface area contributed by atoms with Crippen LogP contribution in [0.15, 0.2) is 23.1 Å². The second-order valence-corrected chi connectivity index (χ2v) is 2.56. The van der Waals surface area contributed by atoms with Gasteiger partial charge in [-0.05, 0) is 5.16 Å². The molecule has 0 saturated carbocycles. The van der Waals surface area contributed by atoms with E-state index in [1.807, 2.05) is 0 Å². The predicted molar refractivity (Wildman–Crippen MR) is 48.5 cm³/mol. The summed E-state index contributed by atoms with van der Waals surface area (Å²) in [5, 5.41) is 3.64. The summed E-state index contributed by atoms with van der Waals surface area (Å²) >= 11 is 0. The topological polar surface area (TPSA) is 87.1 Å². The maximum atomic E-state index is 5.65. The first-order valence-corrected chi connectivity index (χ1v) is 3.88. The minimum absolute atomic E-state index is 0.387. The average molecular weight is 192 g/mol. The molecule has 0 aliphatic rings. The van der Waals surface area contributed by atoms with E-state index in [2.05, 4.69) is 15.1 Å². The highest BCUT2D eigenvalue weighted by Crippen LogP contribution is 2.25. The monoisotopic (exact) mass is 192 g/mol. The number of hydrogen-bond donors (Lipinski definition) is 1. The average Bonchev–Trinajstić information content (AvgIpc) is 2.67. The lowest BCUT2D eigenvalue weighted by atomic mass is 10.3. The minimum atomic E-state index is 0.387. The third-order valence-corrected chi connectivity index (χ3v) is 1.67. The van der Waals surface area contributed by atoms with Crippen molar-refractivity contribution in [2.45, 2.75) is 0 Å². The zero-order valence-electron chi connectivity index (χ0n) is 7.47. The van der Waals surface area contributed by atoms with Gasteiger partial charge in [-0.15, -0.1) is 0 Å². The van der Waals surface area contributed by atoms with Gasteiger partial charge < -0.3 is 15.0 Å². The fraction of sp³-hybridized carbons (Fsp3) is 0.125. The number of ether oxygens (including phenoxy) is 1. The van der Waals surface area contributed by atoms with Crippen LogP contribution in [0.4, 0.5) is 5.69 Å². The third-order valence-electron chi connectivity index (χ3n) is 1.67. The summed E-state index contributed by atoms with van der Waals surface area (Å²) in [6.45, 7) is 0. The van der Waals surface area contributed by atoms with Crippen LogP contribution in [0, 0.1) is 0 Å². The quantitative estimate of drug-likeness (QED) is 0.754. The van der Waals surface area contributed by atoms with E-state index in [1.165, 1.54) is 19.6 Å². The van der Waals surface area contributed by atoms with Crippen LogP contribution in [0.1, 0.15) is 0 Å². The highest BCUT2D eigenvalue weighted by Gasteiger charge is 2.10. The van der Waals surface area contributed by atoms with E-state index in [0.29, 0.717) is 23.0 Å². The van der Waals surface area contributed by atoms with E-state index in [0.717, 1.165) is 0 Å².